The molecule has 2 aliphatic rings. The number of aliphatic carboxylic acids is 1. The topological polar surface area (TPSA) is 57.6 Å². The van der Waals surface area contributed by atoms with E-state index in [1.54, 1.807) is 4.90 Å². The number of rotatable bonds is 2. The minimum absolute atomic E-state index is 0.0262. The van der Waals surface area contributed by atoms with Crippen LogP contribution in [-0.2, 0) is 9.59 Å². The minimum Gasteiger partial charge on any atom is -0.481 e. The second kappa shape index (κ2) is 4.24. The van der Waals surface area contributed by atoms with Crippen molar-refractivity contribution in [2.45, 2.75) is 25.7 Å². The number of carboxylic acid groups (broad SMARTS) is 1. The summed E-state index contributed by atoms with van der Waals surface area (Å²) in [5, 5.41) is 8.98. The van der Waals surface area contributed by atoms with E-state index in [4.69, 9.17) is 16.7 Å². The maximum atomic E-state index is 11.4. The molecule has 0 bridgehead atoms. The first-order chi connectivity index (χ1) is 7.56. The van der Waals surface area contributed by atoms with Crippen molar-refractivity contribution in [3.05, 3.63) is 0 Å². The summed E-state index contributed by atoms with van der Waals surface area (Å²) in [6.45, 7) is 1.43. The lowest BCUT2D eigenvalue weighted by Gasteiger charge is -2.23. The third kappa shape index (κ3) is 2.03. The lowest BCUT2D eigenvalue weighted by molar-refractivity contribution is -0.141. The van der Waals surface area contributed by atoms with Gasteiger partial charge in [0, 0.05) is 13.1 Å². The van der Waals surface area contributed by atoms with Crippen molar-refractivity contribution in [2.24, 2.45) is 11.3 Å². The molecule has 2 fully saturated rings. The predicted octanol–water partition coefficient (Wildman–Crippen LogP) is 1.33. The number of amides is 1. The van der Waals surface area contributed by atoms with Gasteiger partial charge in [-0.3, -0.25) is 9.59 Å². The fraction of sp³-hybridized carbons (Fsp3) is 0.818. The average Bonchev–Trinajstić information content (AvgIpc) is 2.86. The Morgan fingerprint density at radius 1 is 1.44 bits per heavy atom. The Hall–Kier alpha value is -0.770. The molecule has 2 rings (SSSR count). The van der Waals surface area contributed by atoms with Gasteiger partial charge in [0.25, 0.3) is 0 Å². The van der Waals surface area contributed by atoms with Crippen LogP contribution < -0.4 is 0 Å². The number of nitrogens with zero attached hydrogens (tertiary/aromatic N) is 1. The van der Waals surface area contributed by atoms with Crippen LogP contribution in [0.3, 0.4) is 0 Å². The van der Waals surface area contributed by atoms with E-state index in [0.717, 1.165) is 25.8 Å². The maximum absolute atomic E-state index is 11.4. The molecule has 1 aliphatic carbocycles. The number of carboxylic acids is 1. The average molecular weight is 246 g/mol. The van der Waals surface area contributed by atoms with Crippen molar-refractivity contribution >= 4 is 23.5 Å². The molecule has 0 aromatic rings. The molecule has 1 aliphatic heterocycles. The van der Waals surface area contributed by atoms with Gasteiger partial charge in [0.05, 0.1) is 5.92 Å². The quantitative estimate of drug-likeness (QED) is 0.747. The van der Waals surface area contributed by atoms with Crippen molar-refractivity contribution in [2.75, 3.05) is 19.0 Å². The molecule has 0 aromatic heterocycles. The van der Waals surface area contributed by atoms with Gasteiger partial charge in [0.2, 0.25) is 5.91 Å². The van der Waals surface area contributed by atoms with Crippen LogP contribution in [-0.4, -0.2) is 40.9 Å². The van der Waals surface area contributed by atoms with Gasteiger partial charge < -0.3 is 10.0 Å². The smallest absolute Gasteiger partial charge is 0.306 e. The molecule has 1 N–H and O–H groups in total. The molecular weight excluding hydrogens is 230 g/mol. The molecule has 90 valence electrons. The Morgan fingerprint density at radius 2 is 2.19 bits per heavy atom. The molecule has 1 saturated heterocycles. The van der Waals surface area contributed by atoms with Gasteiger partial charge in [-0.25, -0.2) is 0 Å². The van der Waals surface area contributed by atoms with Gasteiger partial charge in [-0.2, -0.15) is 0 Å². The zero-order valence-corrected chi connectivity index (χ0v) is 9.87. The summed E-state index contributed by atoms with van der Waals surface area (Å²) >= 11 is 5.52. The first-order valence-electron chi connectivity index (χ1n) is 5.63. The lowest BCUT2D eigenvalue weighted by atomic mass is 9.84. The number of halogens is 1. The molecule has 2 atom stereocenters. The summed E-state index contributed by atoms with van der Waals surface area (Å²) in [4.78, 5) is 24.1. The van der Waals surface area contributed by atoms with E-state index in [1.807, 2.05) is 0 Å². The van der Waals surface area contributed by atoms with Gasteiger partial charge >= 0.3 is 5.97 Å². The van der Waals surface area contributed by atoms with Gasteiger partial charge in [-0.05, 0) is 31.1 Å². The summed E-state index contributed by atoms with van der Waals surface area (Å²) in [6, 6.07) is 0. The van der Waals surface area contributed by atoms with Crippen LogP contribution in [0.4, 0.5) is 0 Å². The molecule has 1 amide bonds. The Balaban J connectivity index is 1.98. The molecule has 1 saturated carbocycles. The first-order valence-corrected chi connectivity index (χ1v) is 6.16. The van der Waals surface area contributed by atoms with E-state index >= 15 is 0 Å². The van der Waals surface area contributed by atoms with E-state index in [9.17, 15) is 9.59 Å². The Labute approximate surface area is 99.6 Å². The molecule has 0 radical (unpaired) electrons. The van der Waals surface area contributed by atoms with Crippen molar-refractivity contribution in [1.29, 1.82) is 0 Å². The molecule has 5 heteroatoms. The van der Waals surface area contributed by atoms with Crippen LogP contribution in [0, 0.1) is 11.3 Å². The predicted molar refractivity (Wildman–Crippen MR) is 59.3 cm³/mol. The highest BCUT2D eigenvalue weighted by Gasteiger charge is 2.46. The summed E-state index contributed by atoms with van der Waals surface area (Å²) < 4.78 is 0. The SMILES string of the molecule is O=C(O)[C@@H]1CC[C@@]2(CCN(C(=O)CCl)C2)C1. The number of carbonyl (C=O) groups is 2. The van der Waals surface area contributed by atoms with Crippen molar-refractivity contribution in [3.8, 4) is 0 Å². The fourth-order valence-corrected chi connectivity index (χ4v) is 3.19. The maximum Gasteiger partial charge on any atom is 0.306 e. The molecule has 0 unspecified atom stereocenters. The fourth-order valence-electron chi connectivity index (χ4n) is 3.02. The van der Waals surface area contributed by atoms with Crippen LogP contribution >= 0.6 is 11.6 Å². The van der Waals surface area contributed by atoms with Gasteiger partial charge in [-0.15, -0.1) is 11.6 Å². The summed E-state index contributed by atoms with van der Waals surface area (Å²) in [5.74, 6) is -0.916. The zero-order chi connectivity index (χ0) is 11.8. The van der Waals surface area contributed by atoms with Gasteiger partial charge in [-0.1, -0.05) is 0 Å². The molecule has 16 heavy (non-hydrogen) atoms. The molecule has 4 nitrogen and oxygen atoms in total. The molecule has 0 aromatic carbocycles. The van der Waals surface area contributed by atoms with Crippen LogP contribution in [0.25, 0.3) is 0 Å². The van der Waals surface area contributed by atoms with Crippen LogP contribution in [0.2, 0.25) is 0 Å². The number of alkyl halides is 1. The monoisotopic (exact) mass is 245 g/mol. The van der Waals surface area contributed by atoms with Crippen LogP contribution in [0.1, 0.15) is 25.7 Å². The van der Waals surface area contributed by atoms with Crippen molar-refractivity contribution < 1.29 is 14.7 Å². The first kappa shape index (κ1) is 11.7. The number of hydrogen-bond acceptors (Lipinski definition) is 2. The highest BCUT2D eigenvalue weighted by Crippen LogP contribution is 2.48. The molecule has 1 spiro atoms. The third-order valence-electron chi connectivity index (χ3n) is 3.96. The van der Waals surface area contributed by atoms with E-state index < -0.39 is 5.97 Å². The van der Waals surface area contributed by atoms with Gasteiger partial charge in [0.1, 0.15) is 5.88 Å². The van der Waals surface area contributed by atoms with E-state index in [1.165, 1.54) is 0 Å². The summed E-state index contributed by atoms with van der Waals surface area (Å²) in [5.41, 5.74) is 0.0603. The largest absolute Gasteiger partial charge is 0.481 e. The lowest BCUT2D eigenvalue weighted by Crippen LogP contribution is -2.32. The minimum atomic E-state index is -0.695. The Bertz CT molecular complexity index is 320. The summed E-state index contributed by atoms with van der Waals surface area (Å²) in [7, 11) is 0. The van der Waals surface area contributed by atoms with Gasteiger partial charge in [0.15, 0.2) is 0 Å². The Kier molecular flexibility index (Phi) is 3.10. The van der Waals surface area contributed by atoms with E-state index in [2.05, 4.69) is 0 Å². The normalized spacial score (nSPS) is 33.6. The van der Waals surface area contributed by atoms with Crippen LogP contribution in [0.5, 0.6) is 0 Å². The standard InChI is InChI=1S/C11H16ClNO3/c12-6-9(14)13-4-3-11(7-13)2-1-8(5-11)10(15)16/h8H,1-7H2,(H,15,16)/t8-,11-/m1/s1. The second-order valence-corrected chi connectivity index (χ2v) is 5.24. The third-order valence-corrected chi connectivity index (χ3v) is 4.19. The van der Waals surface area contributed by atoms with E-state index in [0.29, 0.717) is 13.0 Å². The number of hydrogen-bond donors (Lipinski definition) is 1. The zero-order valence-electron chi connectivity index (χ0n) is 9.12. The molecular formula is C11H16ClNO3. The van der Waals surface area contributed by atoms with Crippen molar-refractivity contribution in [1.82, 2.24) is 4.90 Å². The Morgan fingerprint density at radius 3 is 2.75 bits per heavy atom. The highest BCUT2D eigenvalue weighted by atomic mass is 35.5. The second-order valence-electron chi connectivity index (χ2n) is 4.98. The highest BCUT2D eigenvalue weighted by molar-refractivity contribution is 6.27. The van der Waals surface area contributed by atoms with Crippen molar-refractivity contribution in [3.63, 3.8) is 0 Å². The number of likely N-dealkylation sites (tertiary alicyclic amines) is 1. The molecule has 1 heterocycles. The number of carbonyl (C=O) groups excluding carboxylic acids is 1. The summed E-state index contributed by atoms with van der Waals surface area (Å²) in [6.07, 6.45) is 3.32. The van der Waals surface area contributed by atoms with E-state index in [-0.39, 0.29) is 23.1 Å². The van der Waals surface area contributed by atoms with Crippen LogP contribution in [0.15, 0.2) is 0 Å².